The summed E-state index contributed by atoms with van der Waals surface area (Å²) in [6.45, 7) is 2.07. The maximum absolute atomic E-state index is 12.8. The summed E-state index contributed by atoms with van der Waals surface area (Å²) in [4.78, 5) is 17.5. The van der Waals surface area contributed by atoms with Crippen LogP contribution < -0.4 is 5.32 Å². The Bertz CT molecular complexity index is 1070. The van der Waals surface area contributed by atoms with E-state index in [-0.39, 0.29) is 10.7 Å². The number of aryl methyl sites for hydroxylation is 1. The Kier molecular flexibility index (Phi) is 6.11. The number of alkyl halides is 3. The second-order valence-corrected chi connectivity index (χ2v) is 7.98. The van der Waals surface area contributed by atoms with Gasteiger partial charge in [0, 0.05) is 22.3 Å². The maximum atomic E-state index is 12.8. The van der Waals surface area contributed by atoms with Gasteiger partial charge < -0.3 is 14.9 Å². The summed E-state index contributed by atoms with van der Waals surface area (Å²) in [5.41, 5.74) is -2.80. The summed E-state index contributed by atoms with van der Waals surface area (Å²) in [7, 11) is 0. The zero-order chi connectivity index (χ0) is 22.1. The molecule has 0 spiro atoms. The number of amides is 1. The second-order valence-electron chi connectivity index (χ2n) is 6.43. The molecule has 0 aliphatic heterocycles. The number of nitrogens with zero attached hydrogens (tertiary/aromatic N) is 2. The van der Waals surface area contributed by atoms with Crippen molar-refractivity contribution in [2.75, 3.05) is 5.32 Å². The minimum Gasteiger partial charge on any atom is -0.373 e. The van der Waals surface area contributed by atoms with Gasteiger partial charge in [0.1, 0.15) is 0 Å². The lowest BCUT2D eigenvalue weighted by Crippen LogP contribution is -2.52. The normalized spacial score (nSPS) is 13.7. The van der Waals surface area contributed by atoms with Crippen molar-refractivity contribution in [2.45, 2.75) is 35.4 Å². The molecule has 3 aromatic rings. The van der Waals surface area contributed by atoms with E-state index >= 15 is 0 Å². The lowest BCUT2D eigenvalue weighted by Gasteiger charge is -2.25. The highest BCUT2D eigenvalue weighted by atomic mass is 35.5. The van der Waals surface area contributed by atoms with Crippen LogP contribution in [0.1, 0.15) is 12.8 Å². The number of carbonyl (C=O) groups is 1. The molecule has 1 amide bonds. The van der Waals surface area contributed by atoms with E-state index < -0.39 is 17.7 Å². The Hall–Kier alpha value is -2.56. The molecule has 0 bridgehead atoms. The van der Waals surface area contributed by atoms with E-state index in [9.17, 15) is 23.1 Å². The first-order valence-electron chi connectivity index (χ1n) is 8.46. The molecule has 2 N–H and O–H groups in total. The first-order chi connectivity index (χ1) is 14.0. The topological polar surface area (TPSA) is 88.2 Å². The Morgan fingerprint density at radius 1 is 1.17 bits per heavy atom. The van der Waals surface area contributed by atoms with Crippen molar-refractivity contribution in [2.24, 2.45) is 0 Å². The molecule has 0 fully saturated rings. The van der Waals surface area contributed by atoms with Crippen LogP contribution in [0, 0.1) is 6.92 Å². The summed E-state index contributed by atoms with van der Waals surface area (Å²) >= 11 is 7.45. The minimum absolute atomic E-state index is 0.0326. The standard InChI is InChI=1S/C19H15ClF3N3O3S/c1-10-24-16(26-29-10)11-3-5-12(6-4-11)30-13-7-8-15(14(20)9-13)25-17(27)18(2,28)19(21,22)23/h3-9,28H,1-2H3,(H,25,27)/t18-/m1/s1. The molecular formula is C19H15ClF3N3O3S. The first-order valence-corrected chi connectivity index (χ1v) is 9.65. The Balaban J connectivity index is 1.70. The van der Waals surface area contributed by atoms with E-state index in [1.807, 2.05) is 29.6 Å². The van der Waals surface area contributed by atoms with Gasteiger partial charge in [0.2, 0.25) is 17.3 Å². The van der Waals surface area contributed by atoms with E-state index in [0.717, 1.165) is 10.5 Å². The van der Waals surface area contributed by atoms with Gasteiger partial charge in [0.05, 0.1) is 10.7 Å². The van der Waals surface area contributed by atoms with Crippen LogP contribution in [0.25, 0.3) is 11.4 Å². The van der Waals surface area contributed by atoms with Crippen molar-refractivity contribution in [1.82, 2.24) is 10.1 Å². The molecule has 11 heteroatoms. The zero-order valence-electron chi connectivity index (χ0n) is 15.6. The molecule has 0 saturated carbocycles. The second kappa shape index (κ2) is 8.29. The number of rotatable bonds is 5. The number of carbonyl (C=O) groups excluding carboxylic acids is 1. The molecule has 6 nitrogen and oxygen atoms in total. The van der Waals surface area contributed by atoms with Crippen LogP contribution in [0.3, 0.4) is 0 Å². The van der Waals surface area contributed by atoms with Gasteiger partial charge in [-0.3, -0.25) is 4.79 Å². The number of aliphatic hydroxyl groups is 1. The summed E-state index contributed by atoms with van der Waals surface area (Å²) < 4.78 is 43.3. The molecule has 30 heavy (non-hydrogen) atoms. The van der Waals surface area contributed by atoms with Gasteiger partial charge in [0.15, 0.2) is 0 Å². The molecular weight excluding hydrogens is 443 g/mol. The molecule has 0 aliphatic rings. The van der Waals surface area contributed by atoms with Gasteiger partial charge in [-0.25, -0.2) is 0 Å². The summed E-state index contributed by atoms with van der Waals surface area (Å²) in [6, 6.07) is 11.8. The molecule has 1 heterocycles. The van der Waals surface area contributed by atoms with Crippen molar-refractivity contribution >= 4 is 35.0 Å². The van der Waals surface area contributed by atoms with Crippen LogP contribution >= 0.6 is 23.4 Å². The monoisotopic (exact) mass is 457 g/mol. The predicted octanol–water partition coefficient (Wildman–Crippen LogP) is 5.10. The first kappa shape index (κ1) is 22.1. The maximum Gasteiger partial charge on any atom is 0.426 e. The van der Waals surface area contributed by atoms with Gasteiger partial charge in [-0.2, -0.15) is 18.2 Å². The third-order valence-corrected chi connectivity index (χ3v) is 5.37. The van der Waals surface area contributed by atoms with Crippen LogP contribution in [-0.2, 0) is 4.79 Å². The van der Waals surface area contributed by atoms with Gasteiger partial charge in [0.25, 0.3) is 5.91 Å². The average Bonchev–Trinajstić information content (AvgIpc) is 3.10. The average molecular weight is 458 g/mol. The predicted molar refractivity (Wildman–Crippen MR) is 105 cm³/mol. The quantitative estimate of drug-likeness (QED) is 0.554. The van der Waals surface area contributed by atoms with Crippen molar-refractivity contribution < 1.29 is 27.6 Å². The molecule has 0 unspecified atom stereocenters. The van der Waals surface area contributed by atoms with Crippen molar-refractivity contribution in [3.05, 3.63) is 53.4 Å². The number of halogens is 4. The minimum atomic E-state index is -5.12. The van der Waals surface area contributed by atoms with E-state index in [1.54, 1.807) is 13.0 Å². The van der Waals surface area contributed by atoms with Crippen LogP contribution in [0.4, 0.5) is 18.9 Å². The van der Waals surface area contributed by atoms with Crippen molar-refractivity contribution in [3.63, 3.8) is 0 Å². The molecule has 3 rings (SSSR count). The number of anilines is 1. The van der Waals surface area contributed by atoms with Crippen LogP contribution in [0.5, 0.6) is 0 Å². The van der Waals surface area contributed by atoms with Crippen LogP contribution in [0.2, 0.25) is 5.02 Å². The summed E-state index contributed by atoms with van der Waals surface area (Å²) in [5, 5.41) is 15.3. The van der Waals surface area contributed by atoms with Gasteiger partial charge in [-0.1, -0.05) is 28.5 Å². The lowest BCUT2D eigenvalue weighted by atomic mass is 10.1. The number of hydrogen-bond acceptors (Lipinski definition) is 6. The van der Waals surface area contributed by atoms with Gasteiger partial charge in [-0.15, -0.1) is 0 Å². The number of hydrogen-bond donors (Lipinski definition) is 2. The highest BCUT2D eigenvalue weighted by molar-refractivity contribution is 7.99. The third-order valence-electron chi connectivity index (χ3n) is 4.06. The molecule has 1 aromatic heterocycles. The third kappa shape index (κ3) is 4.77. The summed E-state index contributed by atoms with van der Waals surface area (Å²) in [6.07, 6.45) is -5.12. The van der Waals surface area contributed by atoms with E-state index in [2.05, 4.69) is 10.1 Å². The Morgan fingerprint density at radius 3 is 2.33 bits per heavy atom. The molecule has 158 valence electrons. The zero-order valence-corrected chi connectivity index (χ0v) is 17.2. The SMILES string of the molecule is Cc1nc(-c2ccc(Sc3ccc(NC(=O)[C@@](C)(O)C(F)(F)F)c(Cl)c3)cc2)no1. The molecule has 0 saturated heterocycles. The highest BCUT2D eigenvalue weighted by Gasteiger charge is 2.55. The largest absolute Gasteiger partial charge is 0.426 e. The fraction of sp³-hybridized carbons (Fsp3) is 0.211. The summed E-state index contributed by atoms with van der Waals surface area (Å²) in [5.74, 6) is -0.687. The highest BCUT2D eigenvalue weighted by Crippen LogP contribution is 2.35. The van der Waals surface area contributed by atoms with E-state index in [0.29, 0.717) is 23.5 Å². The van der Waals surface area contributed by atoms with Crippen molar-refractivity contribution in [1.29, 1.82) is 0 Å². The van der Waals surface area contributed by atoms with Crippen molar-refractivity contribution in [3.8, 4) is 11.4 Å². The molecule has 0 aliphatic carbocycles. The van der Waals surface area contributed by atoms with Crippen LogP contribution in [0.15, 0.2) is 56.8 Å². The fourth-order valence-corrected chi connectivity index (χ4v) is 3.41. The van der Waals surface area contributed by atoms with Gasteiger partial charge >= 0.3 is 6.18 Å². The van der Waals surface area contributed by atoms with Crippen LogP contribution in [-0.4, -0.2) is 32.9 Å². The lowest BCUT2D eigenvalue weighted by molar-refractivity contribution is -0.242. The Labute approximate surface area is 178 Å². The molecule has 2 aromatic carbocycles. The fourth-order valence-electron chi connectivity index (χ4n) is 2.26. The molecule has 0 radical (unpaired) electrons. The number of benzene rings is 2. The van der Waals surface area contributed by atoms with Gasteiger partial charge in [-0.05, 0) is 49.4 Å². The van der Waals surface area contributed by atoms with E-state index in [4.69, 9.17) is 16.1 Å². The number of aromatic nitrogens is 2. The van der Waals surface area contributed by atoms with E-state index in [1.165, 1.54) is 23.9 Å². The smallest absolute Gasteiger partial charge is 0.373 e. The number of nitrogens with one attached hydrogen (secondary N) is 1. The molecule has 1 atom stereocenters. The Morgan fingerprint density at radius 2 is 1.80 bits per heavy atom.